The number of carbonyl (C=O) groups excluding carboxylic acids is 1. The lowest BCUT2D eigenvalue weighted by Gasteiger charge is -2.17. The van der Waals surface area contributed by atoms with Crippen LogP contribution in [-0.4, -0.2) is 12.6 Å². The molecule has 0 amide bonds. The van der Waals surface area contributed by atoms with Crippen molar-refractivity contribution in [2.45, 2.75) is 47.5 Å². The molecule has 0 heterocycles. The zero-order valence-corrected chi connectivity index (χ0v) is 9.52. The first kappa shape index (κ1) is 12.5. The molecule has 0 rings (SSSR count). The van der Waals surface area contributed by atoms with E-state index in [9.17, 15) is 4.79 Å². The van der Waals surface area contributed by atoms with Crippen molar-refractivity contribution in [1.29, 1.82) is 0 Å². The Bertz CT molecular complexity index is 154. The Balaban J connectivity index is 3.53. The maximum Gasteiger partial charge on any atom is 0.305 e. The molecule has 0 spiro atoms. The molecule has 0 N–H and O–H groups in total. The van der Waals surface area contributed by atoms with Gasteiger partial charge in [-0.05, 0) is 17.8 Å². The van der Waals surface area contributed by atoms with E-state index in [-0.39, 0.29) is 11.4 Å². The third kappa shape index (κ3) is 9.38. The fraction of sp³-hybridized carbons (Fsp3) is 0.909. The summed E-state index contributed by atoms with van der Waals surface area (Å²) in [6, 6.07) is 0. The second-order valence-electron chi connectivity index (χ2n) is 5.15. The molecule has 0 aromatic rings. The van der Waals surface area contributed by atoms with Crippen LogP contribution in [0.5, 0.6) is 0 Å². The molecule has 78 valence electrons. The minimum atomic E-state index is -0.0661. The van der Waals surface area contributed by atoms with E-state index in [2.05, 4.69) is 34.6 Å². The first-order chi connectivity index (χ1) is 5.81. The molecule has 0 aliphatic heterocycles. The summed E-state index contributed by atoms with van der Waals surface area (Å²) in [7, 11) is 0. The van der Waals surface area contributed by atoms with Crippen molar-refractivity contribution in [2.75, 3.05) is 6.61 Å². The van der Waals surface area contributed by atoms with Crippen LogP contribution < -0.4 is 0 Å². The van der Waals surface area contributed by atoms with E-state index in [0.29, 0.717) is 18.9 Å². The van der Waals surface area contributed by atoms with Crippen molar-refractivity contribution >= 4 is 5.97 Å². The molecule has 2 nitrogen and oxygen atoms in total. The zero-order valence-electron chi connectivity index (χ0n) is 9.52. The van der Waals surface area contributed by atoms with Gasteiger partial charge in [-0.25, -0.2) is 0 Å². The third-order valence-corrected chi connectivity index (χ3v) is 1.59. The lowest BCUT2D eigenvalue weighted by molar-refractivity contribution is -0.146. The largest absolute Gasteiger partial charge is 0.465 e. The minimum absolute atomic E-state index is 0.0661. The second-order valence-corrected chi connectivity index (χ2v) is 5.15. The third-order valence-electron chi connectivity index (χ3n) is 1.59. The SMILES string of the molecule is CC(C)CCC(=O)OCC(C)(C)C. The molecule has 0 unspecified atom stereocenters. The number of esters is 1. The Kier molecular flexibility index (Phi) is 5.04. The molecule has 0 aromatic heterocycles. The van der Waals surface area contributed by atoms with E-state index in [1.54, 1.807) is 0 Å². The fourth-order valence-corrected chi connectivity index (χ4v) is 0.776. The molecular formula is C11H22O2. The minimum Gasteiger partial charge on any atom is -0.465 e. The van der Waals surface area contributed by atoms with E-state index in [1.165, 1.54) is 0 Å². The van der Waals surface area contributed by atoms with Crippen molar-refractivity contribution in [1.82, 2.24) is 0 Å². The molecule has 0 atom stereocenters. The summed E-state index contributed by atoms with van der Waals surface area (Å²) in [6.07, 6.45) is 1.47. The average Bonchev–Trinajstić information content (AvgIpc) is 1.95. The summed E-state index contributed by atoms with van der Waals surface area (Å²) in [5, 5.41) is 0. The molecule has 0 saturated carbocycles. The monoisotopic (exact) mass is 186 g/mol. The number of rotatable bonds is 4. The van der Waals surface area contributed by atoms with Crippen LogP contribution in [0.4, 0.5) is 0 Å². The zero-order chi connectivity index (χ0) is 10.5. The molecule has 13 heavy (non-hydrogen) atoms. The van der Waals surface area contributed by atoms with Crippen molar-refractivity contribution in [3.8, 4) is 0 Å². The van der Waals surface area contributed by atoms with Crippen molar-refractivity contribution in [3.05, 3.63) is 0 Å². The second kappa shape index (κ2) is 5.25. The van der Waals surface area contributed by atoms with Gasteiger partial charge in [-0.3, -0.25) is 4.79 Å². The van der Waals surface area contributed by atoms with Crippen LogP contribution in [0.25, 0.3) is 0 Å². The Morgan fingerprint density at radius 2 is 1.85 bits per heavy atom. The van der Waals surface area contributed by atoms with E-state index in [1.807, 2.05) is 0 Å². The van der Waals surface area contributed by atoms with Gasteiger partial charge in [-0.1, -0.05) is 34.6 Å². The van der Waals surface area contributed by atoms with Crippen molar-refractivity contribution in [2.24, 2.45) is 11.3 Å². The van der Waals surface area contributed by atoms with Gasteiger partial charge >= 0.3 is 5.97 Å². The standard InChI is InChI=1S/C11H22O2/c1-9(2)6-7-10(12)13-8-11(3,4)5/h9H,6-8H2,1-5H3. The molecule has 0 radical (unpaired) electrons. The quantitative estimate of drug-likeness (QED) is 0.631. The first-order valence-corrected chi connectivity index (χ1v) is 4.97. The molecule has 0 bridgehead atoms. The van der Waals surface area contributed by atoms with Gasteiger partial charge in [0.25, 0.3) is 0 Å². The summed E-state index contributed by atoms with van der Waals surface area (Å²) >= 11 is 0. The van der Waals surface area contributed by atoms with E-state index < -0.39 is 0 Å². The van der Waals surface area contributed by atoms with Crippen LogP contribution in [0, 0.1) is 11.3 Å². The maximum atomic E-state index is 11.2. The van der Waals surface area contributed by atoms with E-state index in [0.717, 1.165) is 6.42 Å². The maximum absolute atomic E-state index is 11.2. The predicted molar refractivity (Wildman–Crippen MR) is 54.5 cm³/mol. The Labute approximate surface area is 81.7 Å². The molecule has 0 aliphatic rings. The van der Waals surface area contributed by atoms with Gasteiger partial charge in [0, 0.05) is 6.42 Å². The Hall–Kier alpha value is -0.530. The molecule has 0 fully saturated rings. The number of hydrogen-bond donors (Lipinski definition) is 0. The van der Waals surface area contributed by atoms with Gasteiger partial charge in [0.05, 0.1) is 6.61 Å². The number of hydrogen-bond acceptors (Lipinski definition) is 2. The van der Waals surface area contributed by atoms with Gasteiger partial charge in [-0.2, -0.15) is 0 Å². The predicted octanol–water partition coefficient (Wildman–Crippen LogP) is 3.01. The highest BCUT2D eigenvalue weighted by Crippen LogP contribution is 2.14. The topological polar surface area (TPSA) is 26.3 Å². The summed E-state index contributed by atoms with van der Waals surface area (Å²) < 4.78 is 5.12. The molecule has 0 aliphatic carbocycles. The van der Waals surface area contributed by atoms with Crippen LogP contribution in [0.1, 0.15) is 47.5 Å². The van der Waals surface area contributed by atoms with Crippen molar-refractivity contribution in [3.63, 3.8) is 0 Å². The first-order valence-electron chi connectivity index (χ1n) is 4.97. The van der Waals surface area contributed by atoms with Crippen LogP contribution in [0.15, 0.2) is 0 Å². The Morgan fingerprint density at radius 3 is 2.23 bits per heavy atom. The van der Waals surface area contributed by atoms with Gasteiger partial charge in [0.2, 0.25) is 0 Å². The van der Waals surface area contributed by atoms with Crippen LogP contribution in [0.3, 0.4) is 0 Å². The van der Waals surface area contributed by atoms with E-state index >= 15 is 0 Å². The van der Waals surface area contributed by atoms with Crippen LogP contribution in [0.2, 0.25) is 0 Å². The molecule has 0 saturated heterocycles. The molecule has 0 aromatic carbocycles. The smallest absolute Gasteiger partial charge is 0.305 e. The lowest BCUT2D eigenvalue weighted by atomic mass is 9.99. The molecular weight excluding hydrogens is 164 g/mol. The van der Waals surface area contributed by atoms with Crippen LogP contribution in [-0.2, 0) is 9.53 Å². The fourth-order valence-electron chi connectivity index (χ4n) is 0.776. The number of carbonyl (C=O) groups is 1. The van der Waals surface area contributed by atoms with E-state index in [4.69, 9.17) is 4.74 Å². The highest BCUT2D eigenvalue weighted by molar-refractivity contribution is 5.69. The summed E-state index contributed by atoms with van der Waals surface area (Å²) in [6.45, 7) is 10.9. The van der Waals surface area contributed by atoms with Gasteiger partial charge < -0.3 is 4.74 Å². The van der Waals surface area contributed by atoms with Gasteiger partial charge in [-0.15, -0.1) is 0 Å². The summed E-state index contributed by atoms with van der Waals surface area (Å²) in [5.41, 5.74) is 0.0769. The lowest BCUT2D eigenvalue weighted by Crippen LogP contribution is -2.18. The van der Waals surface area contributed by atoms with Crippen LogP contribution >= 0.6 is 0 Å². The normalized spacial score (nSPS) is 11.8. The highest BCUT2D eigenvalue weighted by atomic mass is 16.5. The average molecular weight is 186 g/mol. The molecule has 2 heteroatoms. The summed E-state index contributed by atoms with van der Waals surface area (Å²) in [5.74, 6) is 0.505. The highest BCUT2D eigenvalue weighted by Gasteiger charge is 2.13. The van der Waals surface area contributed by atoms with Gasteiger partial charge in [0.1, 0.15) is 0 Å². The van der Waals surface area contributed by atoms with Crippen molar-refractivity contribution < 1.29 is 9.53 Å². The summed E-state index contributed by atoms with van der Waals surface area (Å²) in [4.78, 5) is 11.2. The van der Waals surface area contributed by atoms with Gasteiger partial charge in [0.15, 0.2) is 0 Å². The Morgan fingerprint density at radius 1 is 1.31 bits per heavy atom. The number of ether oxygens (including phenoxy) is 1.